The molecule has 1 aliphatic heterocycles. The fraction of sp³-hybridized carbons (Fsp3) is 0.429. The van der Waals surface area contributed by atoms with Crippen molar-refractivity contribution in [3.05, 3.63) is 36.0 Å². The Bertz CT molecular complexity index is 499. The zero-order chi connectivity index (χ0) is 11.7. The van der Waals surface area contributed by atoms with Crippen LogP contribution >= 0.6 is 0 Å². The highest BCUT2D eigenvalue weighted by Crippen LogP contribution is 2.19. The van der Waals surface area contributed by atoms with Crippen molar-refractivity contribution >= 4 is 10.9 Å². The lowest BCUT2D eigenvalue weighted by atomic mass is 10.0. The predicted octanol–water partition coefficient (Wildman–Crippen LogP) is 1.82. The molecule has 1 aromatic heterocycles. The number of H-pyrrole nitrogens is 1. The zero-order valence-electron chi connectivity index (χ0n) is 10.2. The molecule has 3 heteroatoms. The van der Waals surface area contributed by atoms with Gasteiger partial charge in [-0.2, -0.15) is 0 Å². The first-order valence-electron chi connectivity index (χ1n) is 6.27. The number of benzene rings is 1. The highest BCUT2D eigenvalue weighted by Gasteiger charge is 2.18. The molecule has 0 radical (unpaired) electrons. The minimum Gasteiger partial charge on any atom is -0.361 e. The number of nitrogens with zero attached hydrogens (tertiary/aromatic N) is 1. The van der Waals surface area contributed by atoms with E-state index in [0.717, 1.165) is 12.5 Å². The molecule has 0 aliphatic carbocycles. The summed E-state index contributed by atoms with van der Waals surface area (Å²) in [5.41, 5.74) is 2.64. The Morgan fingerprint density at radius 3 is 2.88 bits per heavy atom. The van der Waals surface area contributed by atoms with Gasteiger partial charge in [0.2, 0.25) is 0 Å². The van der Waals surface area contributed by atoms with E-state index in [1.54, 1.807) is 0 Å². The number of fused-ring (bicyclic) bond motifs is 1. The fourth-order valence-corrected chi connectivity index (χ4v) is 2.54. The second-order valence-electron chi connectivity index (χ2n) is 5.08. The van der Waals surface area contributed by atoms with Gasteiger partial charge in [-0.15, -0.1) is 0 Å². The Balaban J connectivity index is 1.71. The molecule has 1 aliphatic rings. The summed E-state index contributed by atoms with van der Waals surface area (Å²) in [7, 11) is 2.21. The maximum atomic E-state index is 3.34. The molecule has 2 N–H and O–H groups in total. The minimum atomic E-state index is 0.838. The lowest BCUT2D eigenvalue weighted by Gasteiger charge is -2.31. The molecular weight excluding hydrogens is 210 g/mol. The Morgan fingerprint density at radius 1 is 1.29 bits per heavy atom. The second-order valence-corrected chi connectivity index (χ2v) is 5.08. The monoisotopic (exact) mass is 229 g/mol. The van der Waals surface area contributed by atoms with Crippen molar-refractivity contribution in [3.8, 4) is 0 Å². The molecule has 2 heterocycles. The van der Waals surface area contributed by atoms with Crippen LogP contribution in [0.4, 0.5) is 0 Å². The standard InChI is InChI=1S/C14H19N3/c1-17(9-11-6-15-7-11)10-12-8-16-14-5-3-2-4-13(12)14/h2-5,8,11,15-16H,6-7,9-10H2,1H3. The van der Waals surface area contributed by atoms with Crippen LogP contribution in [0.3, 0.4) is 0 Å². The van der Waals surface area contributed by atoms with Crippen molar-refractivity contribution in [2.45, 2.75) is 6.54 Å². The van der Waals surface area contributed by atoms with Crippen LogP contribution in [0.1, 0.15) is 5.56 Å². The number of para-hydroxylation sites is 1. The minimum absolute atomic E-state index is 0.838. The van der Waals surface area contributed by atoms with E-state index in [2.05, 4.69) is 52.7 Å². The first-order valence-corrected chi connectivity index (χ1v) is 6.27. The maximum absolute atomic E-state index is 3.34. The summed E-state index contributed by atoms with van der Waals surface area (Å²) in [6, 6.07) is 8.51. The SMILES string of the molecule is CN(Cc1c[nH]c2ccccc12)CC1CNC1. The molecule has 3 rings (SSSR count). The van der Waals surface area contributed by atoms with Gasteiger partial charge in [-0.3, -0.25) is 0 Å². The van der Waals surface area contributed by atoms with Crippen molar-refractivity contribution in [2.75, 3.05) is 26.7 Å². The third-order valence-electron chi connectivity index (χ3n) is 3.55. The molecule has 0 atom stereocenters. The van der Waals surface area contributed by atoms with Gasteiger partial charge in [0.15, 0.2) is 0 Å². The summed E-state index contributed by atoms with van der Waals surface area (Å²) in [5.74, 6) is 0.838. The number of hydrogen-bond acceptors (Lipinski definition) is 2. The van der Waals surface area contributed by atoms with E-state index in [4.69, 9.17) is 0 Å². The van der Waals surface area contributed by atoms with Crippen molar-refractivity contribution in [2.24, 2.45) is 5.92 Å². The summed E-state index contributed by atoms with van der Waals surface area (Å²) < 4.78 is 0. The number of nitrogens with one attached hydrogen (secondary N) is 2. The van der Waals surface area contributed by atoms with Crippen LogP contribution in [-0.2, 0) is 6.54 Å². The van der Waals surface area contributed by atoms with E-state index in [9.17, 15) is 0 Å². The van der Waals surface area contributed by atoms with Crippen molar-refractivity contribution in [3.63, 3.8) is 0 Å². The topological polar surface area (TPSA) is 31.1 Å². The highest BCUT2D eigenvalue weighted by atomic mass is 15.1. The number of hydrogen-bond donors (Lipinski definition) is 2. The molecule has 1 fully saturated rings. The summed E-state index contributed by atoms with van der Waals surface area (Å²) in [6.45, 7) is 4.57. The molecule has 90 valence electrons. The molecule has 17 heavy (non-hydrogen) atoms. The van der Waals surface area contributed by atoms with Gasteiger partial charge in [0, 0.05) is 43.3 Å². The summed E-state index contributed by atoms with van der Waals surface area (Å²) in [5, 5.41) is 4.68. The summed E-state index contributed by atoms with van der Waals surface area (Å²) in [4.78, 5) is 5.75. The zero-order valence-corrected chi connectivity index (χ0v) is 10.2. The molecule has 1 saturated heterocycles. The van der Waals surface area contributed by atoms with Crippen LogP contribution in [-0.4, -0.2) is 36.6 Å². The van der Waals surface area contributed by atoms with Crippen molar-refractivity contribution in [1.82, 2.24) is 15.2 Å². The number of rotatable bonds is 4. The fourth-order valence-electron chi connectivity index (χ4n) is 2.54. The molecule has 0 amide bonds. The van der Waals surface area contributed by atoms with Gasteiger partial charge >= 0.3 is 0 Å². The van der Waals surface area contributed by atoms with Gasteiger partial charge in [-0.1, -0.05) is 18.2 Å². The van der Waals surface area contributed by atoms with E-state index in [1.165, 1.54) is 36.1 Å². The summed E-state index contributed by atoms with van der Waals surface area (Å²) in [6.07, 6.45) is 2.14. The molecule has 0 bridgehead atoms. The lowest BCUT2D eigenvalue weighted by molar-refractivity contribution is 0.219. The van der Waals surface area contributed by atoms with Crippen molar-refractivity contribution < 1.29 is 0 Å². The quantitative estimate of drug-likeness (QED) is 0.838. The van der Waals surface area contributed by atoms with Crippen LogP contribution in [0.2, 0.25) is 0 Å². The first kappa shape index (κ1) is 10.8. The van der Waals surface area contributed by atoms with E-state index in [-0.39, 0.29) is 0 Å². The number of aromatic nitrogens is 1. The van der Waals surface area contributed by atoms with Gasteiger partial charge in [0.1, 0.15) is 0 Å². The molecule has 0 spiro atoms. The smallest absolute Gasteiger partial charge is 0.0457 e. The van der Waals surface area contributed by atoms with Gasteiger partial charge in [-0.25, -0.2) is 0 Å². The Hall–Kier alpha value is -1.32. The lowest BCUT2D eigenvalue weighted by Crippen LogP contribution is -2.47. The average molecular weight is 229 g/mol. The van der Waals surface area contributed by atoms with E-state index in [1.807, 2.05) is 0 Å². The molecule has 2 aromatic rings. The third-order valence-corrected chi connectivity index (χ3v) is 3.55. The van der Waals surface area contributed by atoms with Crippen LogP contribution in [0.5, 0.6) is 0 Å². The van der Waals surface area contributed by atoms with Gasteiger partial charge in [0.05, 0.1) is 0 Å². The molecule has 3 nitrogen and oxygen atoms in total. The van der Waals surface area contributed by atoms with E-state index >= 15 is 0 Å². The van der Waals surface area contributed by atoms with Gasteiger partial charge < -0.3 is 15.2 Å². The van der Waals surface area contributed by atoms with Crippen LogP contribution < -0.4 is 5.32 Å². The highest BCUT2D eigenvalue weighted by molar-refractivity contribution is 5.82. The van der Waals surface area contributed by atoms with Gasteiger partial charge in [0.25, 0.3) is 0 Å². The van der Waals surface area contributed by atoms with Crippen molar-refractivity contribution in [1.29, 1.82) is 0 Å². The Morgan fingerprint density at radius 2 is 2.12 bits per heavy atom. The summed E-state index contributed by atoms with van der Waals surface area (Å²) >= 11 is 0. The number of aromatic amines is 1. The molecule has 0 unspecified atom stereocenters. The maximum Gasteiger partial charge on any atom is 0.0457 e. The van der Waals surface area contributed by atoms with Crippen LogP contribution in [0, 0.1) is 5.92 Å². The first-order chi connectivity index (χ1) is 8.33. The van der Waals surface area contributed by atoms with Crippen LogP contribution in [0.25, 0.3) is 10.9 Å². The Kier molecular flexibility index (Phi) is 2.87. The average Bonchev–Trinajstić information content (AvgIpc) is 2.68. The normalized spacial score (nSPS) is 16.6. The van der Waals surface area contributed by atoms with Gasteiger partial charge in [-0.05, 0) is 24.6 Å². The predicted molar refractivity (Wildman–Crippen MR) is 71.0 cm³/mol. The second kappa shape index (κ2) is 4.51. The van der Waals surface area contributed by atoms with E-state index < -0.39 is 0 Å². The third kappa shape index (κ3) is 2.21. The molecule has 1 aromatic carbocycles. The largest absolute Gasteiger partial charge is 0.361 e. The Labute approximate surface area is 102 Å². The van der Waals surface area contributed by atoms with Crippen LogP contribution in [0.15, 0.2) is 30.5 Å². The van der Waals surface area contributed by atoms with E-state index in [0.29, 0.717) is 0 Å². The molecular formula is C14H19N3. The molecule has 0 saturated carbocycles.